The maximum atomic E-state index is 10.7. The number of allylic oxidation sites excluding steroid dienone is 3. The Kier molecular flexibility index (Phi) is 3.82. The molecule has 1 fully saturated rings. The summed E-state index contributed by atoms with van der Waals surface area (Å²) in [6.45, 7) is 0.744. The highest BCUT2D eigenvalue weighted by Crippen LogP contribution is 2.35. The molecule has 2 rings (SSSR count). The number of rotatable bonds is 1. The van der Waals surface area contributed by atoms with Crippen LogP contribution in [0.25, 0.3) is 0 Å². The average Bonchev–Trinajstić information content (AvgIpc) is 2.89. The lowest BCUT2D eigenvalue weighted by Gasteiger charge is -2.20. The fraction of sp³-hybridized carbons (Fsp3) is 0.385. The number of ether oxygens (including phenoxy) is 2. The van der Waals surface area contributed by atoms with Gasteiger partial charge in [-0.1, -0.05) is 11.8 Å². The van der Waals surface area contributed by atoms with E-state index in [1.165, 1.54) is 0 Å². The van der Waals surface area contributed by atoms with Gasteiger partial charge in [-0.3, -0.25) is 4.21 Å². The summed E-state index contributed by atoms with van der Waals surface area (Å²) in [4.78, 5) is 0. The molecule has 3 nitrogen and oxygen atoms in total. The lowest BCUT2D eigenvalue weighted by Crippen LogP contribution is -2.24. The Labute approximate surface area is 104 Å². The van der Waals surface area contributed by atoms with Gasteiger partial charge in [-0.05, 0) is 24.6 Å². The summed E-state index contributed by atoms with van der Waals surface area (Å²) in [5.41, 5.74) is 0. The fourth-order valence-electron chi connectivity index (χ4n) is 1.69. The molecule has 2 unspecified atom stereocenters. The van der Waals surface area contributed by atoms with Gasteiger partial charge in [0.25, 0.3) is 0 Å². The highest BCUT2D eigenvalue weighted by Gasteiger charge is 2.38. The van der Waals surface area contributed by atoms with E-state index >= 15 is 0 Å². The van der Waals surface area contributed by atoms with E-state index in [-0.39, 0.29) is 0 Å². The van der Waals surface area contributed by atoms with Gasteiger partial charge in [0.15, 0.2) is 0 Å². The molecular weight excluding hydrogens is 236 g/mol. The van der Waals surface area contributed by atoms with Crippen LogP contribution in [0.15, 0.2) is 35.5 Å². The summed E-state index contributed by atoms with van der Waals surface area (Å²) in [5.74, 6) is 5.77. The molecule has 0 N–H and O–H groups in total. The Morgan fingerprint density at radius 3 is 3.12 bits per heavy atom. The first-order chi connectivity index (χ1) is 8.20. The van der Waals surface area contributed by atoms with Crippen LogP contribution in [-0.2, 0) is 20.3 Å². The summed E-state index contributed by atoms with van der Waals surface area (Å²) in [7, 11) is -0.947. The van der Waals surface area contributed by atoms with Crippen LogP contribution in [0.3, 0.4) is 0 Å². The molecule has 1 saturated heterocycles. The van der Waals surface area contributed by atoms with Crippen LogP contribution in [0, 0.1) is 11.8 Å². The van der Waals surface area contributed by atoms with Gasteiger partial charge < -0.3 is 9.47 Å². The summed E-state index contributed by atoms with van der Waals surface area (Å²) in [6.07, 6.45) is 10.6. The monoisotopic (exact) mass is 250 g/mol. The van der Waals surface area contributed by atoms with Gasteiger partial charge in [0, 0.05) is 35.0 Å². The van der Waals surface area contributed by atoms with Crippen molar-refractivity contribution >= 4 is 10.8 Å². The van der Waals surface area contributed by atoms with Gasteiger partial charge in [0.2, 0.25) is 5.79 Å². The van der Waals surface area contributed by atoms with Crippen LogP contribution in [0.2, 0.25) is 0 Å². The van der Waals surface area contributed by atoms with Crippen molar-refractivity contribution in [1.29, 1.82) is 0 Å². The van der Waals surface area contributed by atoms with Gasteiger partial charge in [-0.25, -0.2) is 0 Å². The summed E-state index contributed by atoms with van der Waals surface area (Å²) >= 11 is 0. The molecular formula is C13H14O3S. The van der Waals surface area contributed by atoms with Crippen LogP contribution in [0.4, 0.5) is 0 Å². The van der Waals surface area contributed by atoms with Gasteiger partial charge >= 0.3 is 0 Å². The highest BCUT2D eigenvalue weighted by atomic mass is 32.2. The predicted octanol–water partition coefficient (Wildman–Crippen LogP) is 1.86. The molecule has 0 amide bonds. The van der Waals surface area contributed by atoms with E-state index in [1.54, 1.807) is 23.8 Å². The van der Waals surface area contributed by atoms with Crippen molar-refractivity contribution in [2.45, 2.75) is 18.6 Å². The Bertz CT molecular complexity index is 457. The molecule has 0 bridgehead atoms. The first kappa shape index (κ1) is 12.2. The summed E-state index contributed by atoms with van der Waals surface area (Å²) < 4.78 is 21.9. The molecule has 90 valence electrons. The fourth-order valence-corrected chi connectivity index (χ4v) is 1.95. The highest BCUT2D eigenvalue weighted by molar-refractivity contribution is 7.87. The Morgan fingerprint density at radius 2 is 2.41 bits per heavy atom. The van der Waals surface area contributed by atoms with Crippen LogP contribution in [0.1, 0.15) is 12.8 Å². The topological polar surface area (TPSA) is 35.5 Å². The van der Waals surface area contributed by atoms with Gasteiger partial charge in [0.1, 0.15) is 5.76 Å². The van der Waals surface area contributed by atoms with Gasteiger partial charge in [0.05, 0.1) is 6.61 Å². The second kappa shape index (κ2) is 5.35. The lowest BCUT2D eigenvalue weighted by molar-refractivity contribution is -0.135. The molecule has 0 aromatic carbocycles. The zero-order chi connectivity index (χ0) is 12.1. The maximum Gasteiger partial charge on any atom is 0.230 e. The Hall–Kier alpha value is -1.31. The minimum atomic E-state index is -0.947. The van der Waals surface area contributed by atoms with E-state index in [0.717, 1.165) is 19.4 Å². The quantitative estimate of drug-likeness (QED) is 0.666. The van der Waals surface area contributed by atoms with Crippen molar-refractivity contribution in [3.05, 3.63) is 35.5 Å². The van der Waals surface area contributed by atoms with Crippen LogP contribution in [-0.4, -0.2) is 22.9 Å². The van der Waals surface area contributed by atoms with E-state index in [9.17, 15) is 4.21 Å². The molecule has 2 atom stereocenters. The third-order valence-electron chi connectivity index (χ3n) is 2.45. The Morgan fingerprint density at radius 1 is 1.53 bits per heavy atom. The largest absolute Gasteiger partial charge is 0.458 e. The third kappa shape index (κ3) is 3.32. The molecule has 2 aliphatic heterocycles. The van der Waals surface area contributed by atoms with Crippen LogP contribution < -0.4 is 0 Å². The summed E-state index contributed by atoms with van der Waals surface area (Å²) in [6, 6.07) is 0. The SMILES string of the molecule is CS(=O)/C=C\C#C/C=C1\C=CC2(CCCO2)O1. The van der Waals surface area contributed by atoms with Gasteiger partial charge in [-0.2, -0.15) is 0 Å². The van der Waals surface area contributed by atoms with Crippen molar-refractivity contribution < 1.29 is 13.7 Å². The van der Waals surface area contributed by atoms with E-state index in [4.69, 9.17) is 9.47 Å². The Balaban J connectivity index is 1.93. The van der Waals surface area contributed by atoms with E-state index in [1.807, 2.05) is 12.2 Å². The van der Waals surface area contributed by atoms with Gasteiger partial charge in [-0.15, -0.1) is 0 Å². The minimum Gasteiger partial charge on any atom is -0.458 e. The normalized spacial score (nSPS) is 30.8. The van der Waals surface area contributed by atoms with Crippen molar-refractivity contribution in [2.24, 2.45) is 0 Å². The van der Waals surface area contributed by atoms with E-state index in [0.29, 0.717) is 5.76 Å². The predicted molar refractivity (Wildman–Crippen MR) is 67.2 cm³/mol. The first-order valence-corrected chi connectivity index (χ1v) is 7.05. The molecule has 4 heteroatoms. The van der Waals surface area contributed by atoms with Crippen molar-refractivity contribution in [3.63, 3.8) is 0 Å². The number of hydrogen-bond acceptors (Lipinski definition) is 3. The molecule has 0 radical (unpaired) electrons. The molecule has 0 aromatic rings. The van der Waals surface area contributed by atoms with Crippen molar-refractivity contribution in [1.82, 2.24) is 0 Å². The lowest BCUT2D eigenvalue weighted by atomic mass is 10.2. The molecule has 0 saturated carbocycles. The zero-order valence-electron chi connectivity index (χ0n) is 9.64. The second-order valence-corrected chi connectivity index (χ2v) is 5.11. The first-order valence-electron chi connectivity index (χ1n) is 5.43. The molecule has 2 heterocycles. The summed E-state index contributed by atoms with van der Waals surface area (Å²) in [5, 5.41) is 1.54. The maximum absolute atomic E-state index is 10.7. The standard InChI is InChI=1S/C13H14O3S/c1-17(14)11-4-2-3-6-12-7-9-13(16-12)8-5-10-15-13/h4,6-7,9,11H,5,8,10H2,1H3/b11-4-,12-6+. The smallest absolute Gasteiger partial charge is 0.230 e. The minimum absolute atomic E-state index is 0.533. The molecule has 1 spiro atoms. The second-order valence-electron chi connectivity index (χ2n) is 3.84. The zero-order valence-corrected chi connectivity index (χ0v) is 10.5. The van der Waals surface area contributed by atoms with E-state index < -0.39 is 16.6 Å². The van der Waals surface area contributed by atoms with E-state index in [2.05, 4.69) is 11.8 Å². The van der Waals surface area contributed by atoms with Crippen molar-refractivity contribution in [3.8, 4) is 11.8 Å². The molecule has 0 aliphatic carbocycles. The average molecular weight is 250 g/mol. The van der Waals surface area contributed by atoms with Crippen LogP contribution in [0.5, 0.6) is 0 Å². The molecule has 2 aliphatic rings. The molecule has 0 aromatic heterocycles. The molecule has 17 heavy (non-hydrogen) atoms. The number of hydrogen-bond donors (Lipinski definition) is 0. The third-order valence-corrected chi connectivity index (χ3v) is 2.97. The van der Waals surface area contributed by atoms with Crippen molar-refractivity contribution in [2.75, 3.05) is 12.9 Å². The van der Waals surface area contributed by atoms with Crippen LogP contribution >= 0.6 is 0 Å².